The van der Waals surface area contributed by atoms with Crippen LogP contribution in [-0.4, -0.2) is 19.1 Å². The highest BCUT2D eigenvalue weighted by atomic mass is 16.5. The average molecular weight is 287 g/mol. The smallest absolute Gasteiger partial charge is 0.326 e. The Balaban J connectivity index is 1.91. The second-order valence-electron chi connectivity index (χ2n) is 5.65. The Kier molecular flexibility index (Phi) is 6.48. The average Bonchev–Trinajstić information content (AvgIpc) is 2.56. The van der Waals surface area contributed by atoms with Crippen molar-refractivity contribution in [1.29, 1.82) is 0 Å². The molecule has 1 aliphatic carbocycles. The van der Waals surface area contributed by atoms with Crippen LogP contribution in [0.25, 0.3) is 0 Å². The normalized spacial score (nSPS) is 17.8. The summed E-state index contributed by atoms with van der Waals surface area (Å²) in [6.45, 7) is 0.662. The number of ether oxygens (including phenoxy) is 1. The summed E-state index contributed by atoms with van der Waals surface area (Å²) in [5.41, 5.74) is 1.16. The van der Waals surface area contributed by atoms with E-state index in [1.165, 1.54) is 39.2 Å². The molecule has 2 rings (SSSR count). The highest BCUT2D eigenvalue weighted by molar-refractivity contribution is 5.77. The quantitative estimate of drug-likeness (QED) is 0.643. The summed E-state index contributed by atoms with van der Waals surface area (Å²) in [5, 5.41) is 3.26. The zero-order chi connectivity index (χ0) is 14.9. The van der Waals surface area contributed by atoms with Crippen LogP contribution in [0.1, 0.15) is 37.7 Å². The van der Waals surface area contributed by atoms with Gasteiger partial charge in [0.25, 0.3) is 0 Å². The first kappa shape index (κ1) is 15.8. The molecule has 114 valence electrons. The molecule has 0 unspecified atom stereocenters. The Hall–Kier alpha value is -1.61. The van der Waals surface area contributed by atoms with Gasteiger partial charge in [0.15, 0.2) is 0 Å². The van der Waals surface area contributed by atoms with Crippen LogP contribution in [0.5, 0.6) is 0 Å². The number of benzene rings is 1. The summed E-state index contributed by atoms with van der Waals surface area (Å²) in [7, 11) is 1.44. The number of rotatable bonds is 6. The van der Waals surface area contributed by atoms with Gasteiger partial charge in [-0.1, -0.05) is 61.7 Å². The van der Waals surface area contributed by atoms with Crippen molar-refractivity contribution in [2.45, 2.75) is 44.7 Å². The van der Waals surface area contributed by atoms with Crippen molar-refractivity contribution in [3.63, 3.8) is 0 Å². The van der Waals surface area contributed by atoms with Gasteiger partial charge in [-0.25, -0.2) is 0 Å². The lowest BCUT2D eigenvalue weighted by atomic mass is 9.89. The van der Waals surface area contributed by atoms with Gasteiger partial charge in [0.2, 0.25) is 0 Å². The number of methoxy groups -OCH3 is 1. The predicted molar refractivity (Wildman–Crippen MR) is 84.8 cm³/mol. The van der Waals surface area contributed by atoms with Gasteiger partial charge in [-0.2, -0.15) is 0 Å². The first-order chi connectivity index (χ1) is 10.3. The second-order valence-corrected chi connectivity index (χ2v) is 5.65. The van der Waals surface area contributed by atoms with Crippen LogP contribution in [0.3, 0.4) is 0 Å². The molecule has 0 spiro atoms. The molecule has 0 saturated heterocycles. The van der Waals surface area contributed by atoms with Crippen molar-refractivity contribution in [3.05, 3.63) is 48.0 Å². The third-order valence-electron chi connectivity index (χ3n) is 4.05. The van der Waals surface area contributed by atoms with Gasteiger partial charge in [-0.05, 0) is 24.3 Å². The van der Waals surface area contributed by atoms with E-state index < -0.39 is 0 Å². The molecule has 1 aromatic carbocycles. The van der Waals surface area contributed by atoms with Crippen LogP contribution >= 0.6 is 0 Å². The number of hydrogen-bond acceptors (Lipinski definition) is 3. The van der Waals surface area contributed by atoms with E-state index >= 15 is 0 Å². The summed E-state index contributed by atoms with van der Waals surface area (Å²) < 4.78 is 4.89. The molecule has 0 aromatic heterocycles. The van der Waals surface area contributed by atoms with Crippen molar-refractivity contribution in [3.8, 4) is 0 Å². The molecule has 1 aliphatic rings. The minimum Gasteiger partial charge on any atom is -0.468 e. The molecule has 3 heteroatoms. The maximum atomic E-state index is 11.9. The topological polar surface area (TPSA) is 38.3 Å². The first-order valence-electron chi connectivity index (χ1n) is 7.83. The van der Waals surface area contributed by atoms with E-state index in [4.69, 9.17) is 4.74 Å². The zero-order valence-corrected chi connectivity index (χ0v) is 12.8. The molecule has 0 amide bonds. The van der Waals surface area contributed by atoms with Gasteiger partial charge in [-0.3, -0.25) is 10.1 Å². The lowest BCUT2D eigenvalue weighted by Crippen LogP contribution is -2.35. The van der Waals surface area contributed by atoms with Gasteiger partial charge in [0, 0.05) is 6.54 Å². The molecule has 21 heavy (non-hydrogen) atoms. The Labute approximate surface area is 127 Å². The van der Waals surface area contributed by atoms with E-state index in [2.05, 4.69) is 11.4 Å². The predicted octanol–water partition coefficient (Wildman–Crippen LogP) is 3.45. The molecule has 0 aliphatic heterocycles. The largest absolute Gasteiger partial charge is 0.468 e. The maximum Gasteiger partial charge on any atom is 0.326 e. The van der Waals surface area contributed by atoms with Crippen molar-refractivity contribution in [2.75, 3.05) is 7.11 Å². The molecule has 1 fully saturated rings. The number of carbonyl (C=O) groups is 1. The third-order valence-corrected chi connectivity index (χ3v) is 4.05. The van der Waals surface area contributed by atoms with Gasteiger partial charge in [0.1, 0.15) is 6.04 Å². The van der Waals surface area contributed by atoms with Crippen LogP contribution in [0.2, 0.25) is 0 Å². The van der Waals surface area contributed by atoms with Crippen LogP contribution in [0.4, 0.5) is 0 Å². The van der Waals surface area contributed by atoms with Crippen LogP contribution in [-0.2, 0) is 16.1 Å². The summed E-state index contributed by atoms with van der Waals surface area (Å²) in [6.07, 6.45) is 10.6. The zero-order valence-electron chi connectivity index (χ0n) is 12.8. The highest BCUT2D eigenvalue weighted by Crippen LogP contribution is 2.24. The summed E-state index contributed by atoms with van der Waals surface area (Å²) in [5.74, 6) is 0.391. The van der Waals surface area contributed by atoms with E-state index in [0.717, 1.165) is 5.56 Å². The molecule has 1 atom stereocenters. The Morgan fingerprint density at radius 1 is 1.29 bits per heavy atom. The summed E-state index contributed by atoms with van der Waals surface area (Å²) in [4.78, 5) is 11.9. The van der Waals surface area contributed by atoms with Crippen molar-refractivity contribution in [1.82, 2.24) is 5.32 Å². The number of allylic oxidation sites excluding steroid dienone is 1. The van der Waals surface area contributed by atoms with E-state index in [1.54, 1.807) is 0 Å². The first-order valence-corrected chi connectivity index (χ1v) is 7.83. The van der Waals surface area contributed by atoms with E-state index in [1.807, 2.05) is 36.4 Å². The van der Waals surface area contributed by atoms with Gasteiger partial charge < -0.3 is 4.74 Å². The molecule has 0 bridgehead atoms. The van der Waals surface area contributed by atoms with E-state index in [0.29, 0.717) is 12.5 Å². The SMILES string of the molecule is COC(=O)[C@H](/C=C\C1CCCCC1)NCc1ccccc1. The Morgan fingerprint density at radius 2 is 2.00 bits per heavy atom. The standard InChI is InChI=1S/C18H25NO2/c1-21-18(20)17(13-12-15-8-4-2-5-9-15)19-14-16-10-6-3-7-11-16/h3,6-7,10-13,15,17,19H,2,4-5,8-9,14H2,1H3/b13-12-/t17-/m0/s1. The van der Waals surface area contributed by atoms with Crippen molar-refractivity contribution in [2.24, 2.45) is 5.92 Å². The molecule has 3 nitrogen and oxygen atoms in total. The number of nitrogens with one attached hydrogen (secondary N) is 1. The number of carbonyl (C=O) groups excluding carboxylic acids is 1. The molecule has 1 aromatic rings. The van der Waals surface area contributed by atoms with E-state index in [-0.39, 0.29) is 12.0 Å². The fourth-order valence-electron chi connectivity index (χ4n) is 2.78. The minimum atomic E-state index is -0.364. The van der Waals surface area contributed by atoms with Crippen molar-refractivity contribution < 1.29 is 9.53 Å². The van der Waals surface area contributed by atoms with Gasteiger partial charge >= 0.3 is 5.97 Å². The van der Waals surface area contributed by atoms with Crippen LogP contribution in [0, 0.1) is 5.92 Å². The minimum absolute atomic E-state index is 0.224. The Bertz CT molecular complexity index is 450. The highest BCUT2D eigenvalue weighted by Gasteiger charge is 2.17. The monoisotopic (exact) mass is 287 g/mol. The van der Waals surface area contributed by atoms with Gasteiger partial charge in [0.05, 0.1) is 7.11 Å². The molecule has 1 N–H and O–H groups in total. The summed E-state index contributed by atoms with van der Waals surface area (Å²) >= 11 is 0. The van der Waals surface area contributed by atoms with Gasteiger partial charge in [-0.15, -0.1) is 0 Å². The van der Waals surface area contributed by atoms with Crippen LogP contribution in [0.15, 0.2) is 42.5 Å². The lowest BCUT2D eigenvalue weighted by Gasteiger charge is -2.19. The molecule has 0 radical (unpaired) electrons. The van der Waals surface area contributed by atoms with E-state index in [9.17, 15) is 4.79 Å². The number of hydrogen-bond donors (Lipinski definition) is 1. The fraction of sp³-hybridized carbons (Fsp3) is 0.500. The fourth-order valence-corrected chi connectivity index (χ4v) is 2.78. The molecule has 1 saturated carbocycles. The molecule has 0 heterocycles. The summed E-state index contributed by atoms with van der Waals surface area (Å²) in [6, 6.07) is 9.73. The third kappa shape index (κ3) is 5.35. The number of esters is 1. The van der Waals surface area contributed by atoms with Crippen molar-refractivity contribution >= 4 is 5.97 Å². The lowest BCUT2D eigenvalue weighted by molar-refractivity contribution is -0.141. The van der Waals surface area contributed by atoms with Crippen LogP contribution < -0.4 is 5.32 Å². The molecular weight excluding hydrogens is 262 g/mol. The second kappa shape index (κ2) is 8.63. The Morgan fingerprint density at radius 3 is 2.67 bits per heavy atom. The maximum absolute atomic E-state index is 11.9. The molecular formula is C18H25NO2.